The Morgan fingerprint density at radius 2 is 1.87 bits per heavy atom. The van der Waals surface area contributed by atoms with Crippen molar-refractivity contribution in [3.05, 3.63) is 35.9 Å². The summed E-state index contributed by atoms with van der Waals surface area (Å²) in [6, 6.07) is 10.9. The van der Waals surface area contributed by atoms with Gasteiger partial charge in [-0.3, -0.25) is 0 Å². The normalized spacial score (nSPS) is 18.1. The molecule has 0 aromatic heterocycles. The van der Waals surface area contributed by atoms with Crippen molar-refractivity contribution in [1.82, 2.24) is 5.32 Å². The maximum atomic E-state index is 3.59. The molecule has 1 aromatic carbocycles. The molecule has 0 spiro atoms. The van der Waals surface area contributed by atoms with Crippen LogP contribution in [0.4, 0.5) is 0 Å². The Kier molecular flexibility index (Phi) is 3.11. The van der Waals surface area contributed by atoms with Crippen molar-refractivity contribution in [1.29, 1.82) is 0 Å². The molecule has 0 saturated heterocycles. The Bertz CT molecular complexity index is 298. The molecule has 0 aliphatic heterocycles. The van der Waals surface area contributed by atoms with E-state index in [2.05, 4.69) is 49.5 Å². The fraction of sp³-hybridized carbons (Fsp3) is 0.571. The zero-order valence-electron chi connectivity index (χ0n) is 9.79. The van der Waals surface area contributed by atoms with Crippen LogP contribution >= 0.6 is 0 Å². The van der Waals surface area contributed by atoms with E-state index in [0.717, 1.165) is 19.0 Å². The molecular weight excluding hydrogens is 182 g/mol. The molecule has 1 aromatic rings. The third-order valence-corrected chi connectivity index (χ3v) is 3.26. The lowest BCUT2D eigenvalue weighted by atomic mass is 9.96. The van der Waals surface area contributed by atoms with Gasteiger partial charge in [0.05, 0.1) is 0 Å². The van der Waals surface area contributed by atoms with Crippen LogP contribution in [-0.2, 0) is 5.41 Å². The van der Waals surface area contributed by atoms with Crippen LogP contribution in [0.2, 0.25) is 0 Å². The molecule has 1 fully saturated rings. The first-order valence-electron chi connectivity index (χ1n) is 5.99. The second-order valence-electron chi connectivity index (χ2n) is 5.17. The van der Waals surface area contributed by atoms with Crippen LogP contribution in [0.1, 0.15) is 32.3 Å². The Labute approximate surface area is 92.9 Å². The van der Waals surface area contributed by atoms with Crippen molar-refractivity contribution in [3.63, 3.8) is 0 Å². The van der Waals surface area contributed by atoms with Gasteiger partial charge in [-0.1, -0.05) is 44.2 Å². The highest BCUT2D eigenvalue weighted by molar-refractivity contribution is 5.31. The minimum absolute atomic E-state index is 0.468. The number of hydrogen-bond donors (Lipinski definition) is 1. The zero-order chi connectivity index (χ0) is 10.7. The van der Waals surface area contributed by atoms with E-state index in [4.69, 9.17) is 0 Å². The summed E-state index contributed by atoms with van der Waals surface area (Å²) in [5.74, 6) is 0.747. The van der Waals surface area contributed by atoms with Crippen LogP contribution in [-0.4, -0.2) is 13.1 Å². The van der Waals surface area contributed by atoms with E-state index < -0.39 is 0 Å². The Hall–Kier alpha value is -0.820. The molecule has 0 amide bonds. The van der Waals surface area contributed by atoms with Crippen LogP contribution in [0.5, 0.6) is 0 Å². The van der Waals surface area contributed by atoms with Gasteiger partial charge in [0.1, 0.15) is 0 Å². The van der Waals surface area contributed by atoms with Gasteiger partial charge in [0.2, 0.25) is 0 Å². The lowest BCUT2D eigenvalue weighted by Gasteiger charge is -2.17. The monoisotopic (exact) mass is 203 g/mol. The van der Waals surface area contributed by atoms with Gasteiger partial charge in [-0.05, 0) is 30.9 Å². The van der Waals surface area contributed by atoms with Crippen molar-refractivity contribution in [3.8, 4) is 0 Å². The van der Waals surface area contributed by atoms with Crippen molar-refractivity contribution in [2.75, 3.05) is 13.1 Å². The molecular formula is C14H21N. The van der Waals surface area contributed by atoms with E-state index >= 15 is 0 Å². The molecule has 0 heterocycles. The topological polar surface area (TPSA) is 12.0 Å². The minimum atomic E-state index is 0.468. The van der Waals surface area contributed by atoms with E-state index in [1.807, 2.05) is 0 Å². The number of benzene rings is 1. The Morgan fingerprint density at radius 1 is 1.20 bits per heavy atom. The third kappa shape index (κ3) is 2.60. The van der Waals surface area contributed by atoms with Crippen molar-refractivity contribution < 1.29 is 0 Å². The molecule has 0 unspecified atom stereocenters. The van der Waals surface area contributed by atoms with Crippen molar-refractivity contribution in [2.24, 2.45) is 5.92 Å². The van der Waals surface area contributed by atoms with E-state index in [9.17, 15) is 0 Å². The molecule has 0 bridgehead atoms. The van der Waals surface area contributed by atoms with Crippen LogP contribution in [0.3, 0.4) is 0 Å². The highest BCUT2D eigenvalue weighted by Crippen LogP contribution is 2.47. The second kappa shape index (κ2) is 4.36. The Morgan fingerprint density at radius 3 is 2.40 bits per heavy atom. The van der Waals surface area contributed by atoms with Crippen molar-refractivity contribution in [2.45, 2.75) is 32.1 Å². The van der Waals surface area contributed by atoms with E-state index in [1.54, 1.807) is 0 Å². The summed E-state index contributed by atoms with van der Waals surface area (Å²) in [6.07, 6.45) is 2.70. The molecule has 0 atom stereocenters. The maximum Gasteiger partial charge on any atom is 0.00784 e. The average molecular weight is 203 g/mol. The summed E-state index contributed by atoms with van der Waals surface area (Å²) in [7, 11) is 0. The van der Waals surface area contributed by atoms with E-state index in [0.29, 0.717) is 5.41 Å². The average Bonchev–Trinajstić information content (AvgIpc) is 3.00. The molecule has 1 heteroatoms. The van der Waals surface area contributed by atoms with Gasteiger partial charge in [-0.2, -0.15) is 0 Å². The van der Waals surface area contributed by atoms with Gasteiger partial charge in [0.25, 0.3) is 0 Å². The number of nitrogens with one attached hydrogen (secondary N) is 1. The predicted octanol–water partition coefficient (Wildman–Crippen LogP) is 2.96. The Balaban J connectivity index is 1.91. The predicted molar refractivity (Wildman–Crippen MR) is 65.1 cm³/mol. The molecule has 2 rings (SSSR count). The quantitative estimate of drug-likeness (QED) is 0.776. The fourth-order valence-corrected chi connectivity index (χ4v) is 2.11. The molecule has 0 radical (unpaired) electrons. The molecule has 1 aliphatic rings. The summed E-state index contributed by atoms with van der Waals surface area (Å²) in [5.41, 5.74) is 1.98. The summed E-state index contributed by atoms with van der Waals surface area (Å²) >= 11 is 0. The van der Waals surface area contributed by atoms with Crippen LogP contribution in [0.25, 0.3) is 0 Å². The van der Waals surface area contributed by atoms with Crippen LogP contribution < -0.4 is 5.32 Å². The largest absolute Gasteiger partial charge is 0.316 e. The second-order valence-corrected chi connectivity index (χ2v) is 5.17. The maximum absolute atomic E-state index is 3.59. The van der Waals surface area contributed by atoms with Gasteiger partial charge in [0.15, 0.2) is 0 Å². The number of hydrogen-bond acceptors (Lipinski definition) is 1. The first kappa shape index (κ1) is 10.7. The zero-order valence-corrected chi connectivity index (χ0v) is 9.79. The molecule has 15 heavy (non-hydrogen) atoms. The summed E-state index contributed by atoms with van der Waals surface area (Å²) in [5, 5.41) is 3.59. The first-order valence-corrected chi connectivity index (χ1v) is 5.99. The van der Waals surface area contributed by atoms with Gasteiger partial charge in [-0.15, -0.1) is 0 Å². The lowest BCUT2D eigenvalue weighted by Crippen LogP contribution is -2.29. The van der Waals surface area contributed by atoms with Gasteiger partial charge < -0.3 is 5.32 Å². The first-order chi connectivity index (χ1) is 7.23. The van der Waals surface area contributed by atoms with Gasteiger partial charge in [-0.25, -0.2) is 0 Å². The highest BCUT2D eigenvalue weighted by atomic mass is 14.9. The fourth-order valence-electron chi connectivity index (χ4n) is 2.11. The van der Waals surface area contributed by atoms with E-state index in [-0.39, 0.29) is 0 Å². The highest BCUT2D eigenvalue weighted by Gasteiger charge is 2.43. The molecule has 1 saturated carbocycles. The molecule has 1 nitrogen and oxygen atoms in total. The number of rotatable bonds is 5. The van der Waals surface area contributed by atoms with Crippen LogP contribution in [0, 0.1) is 5.92 Å². The van der Waals surface area contributed by atoms with Crippen molar-refractivity contribution >= 4 is 0 Å². The lowest BCUT2D eigenvalue weighted by molar-refractivity contribution is 0.509. The van der Waals surface area contributed by atoms with Gasteiger partial charge >= 0.3 is 0 Å². The summed E-state index contributed by atoms with van der Waals surface area (Å²) in [6.45, 7) is 6.80. The molecule has 1 aliphatic carbocycles. The molecule has 1 N–H and O–H groups in total. The molecule has 82 valence electrons. The van der Waals surface area contributed by atoms with Crippen LogP contribution in [0.15, 0.2) is 30.3 Å². The minimum Gasteiger partial charge on any atom is -0.316 e. The third-order valence-electron chi connectivity index (χ3n) is 3.26. The standard InChI is InChI=1S/C14H21N/c1-12(2)10-15-11-14(8-9-14)13-6-4-3-5-7-13/h3-7,12,15H,8-11H2,1-2H3. The summed E-state index contributed by atoms with van der Waals surface area (Å²) in [4.78, 5) is 0. The van der Waals surface area contributed by atoms with Gasteiger partial charge in [0, 0.05) is 12.0 Å². The smallest absolute Gasteiger partial charge is 0.00784 e. The SMILES string of the molecule is CC(C)CNCC1(c2ccccc2)CC1. The van der Waals surface area contributed by atoms with E-state index in [1.165, 1.54) is 18.4 Å². The summed E-state index contributed by atoms with van der Waals surface area (Å²) < 4.78 is 0.